The third kappa shape index (κ3) is 3.72. The fourth-order valence-corrected chi connectivity index (χ4v) is 3.14. The van der Waals surface area contributed by atoms with Gasteiger partial charge in [0.25, 0.3) is 0 Å². The molecule has 1 unspecified atom stereocenters. The monoisotopic (exact) mass is 340 g/mol. The smallest absolute Gasteiger partial charge is 0.315 e. The summed E-state index contributed by atoms with van der Waals surface area (Å²) in [5, 5.41) is 1.07. The topological polar surface area (TPSA) is 74.4 Å². The molecule has 5 heteroatoms. The number of fused-ring (bicyclic) bond motifs is 1. The maximum atomic E-state index is 12.3. The normalized spacial score (nSPS) is 18.4. The minimum atomic E-state index is -0.608. The molecule has 1 fully saturated rings. The molecule has 0 amide bonds. The van der Waals surface area contributed by atoms with E-state index in [1.54, 1.807) is 0 Å². The summed E-state index contributed by atoms with van der Waals surface area (Å²) >= 11 is 0. The first-order valence-electron chi connectivity index (χ1n) is 8.56. The number of rotatable bonds is 4. The first-order valence-corrected chi connectivity index (χ1v) is 8.56. The third-order valence-corrected chi connectivity index (χ3v) is 4.78. The molecule has 1 atom stereocenters. The number of hydrogen-bond acceptors (Lipinski definition) is 5. The van der Waals surface area contributed by atoms with Crippen molar-refractivity contribution in [3.8, 4) is 0 Å². The molecule has 2 aromatic rings. The van der Waals surface area contributed by atoms with Crippen LogP contribution >= 0.6 is 0 Å². The number of nitrogens with two attached hydrogens (primary N) is 1. The summed E-state index contributed by atoms with van der Waals surface area (Å²) in [4.78, 5) is 16.9. The fourth-order valence-electron chi connectivity index (χ4n) is 3.14. The van der Waals surface area contributed by atoms with Gasteiger partial charge in [0.1, 0.15) is 0 Å². The molecule has 0 aliphatic carbocycles. The van der Waals surface area contributed by atoms with Crippen LogP contribution in [0.3, 0.4) is 0 Å². The van der Waals surface area contributed by atoms with Crippen LogP contribution in [0, 0.1) is 5.41 Å². The number of carbonyl (C=O) groups excluding carboxylic acids is 1. The van der Waals surface area contributed by atoms with Crippen LogP contribution in [0.25, 0.3) is 17.0 Å². The second-order valence-corrected chi connectivity index (χ2v) is 6.57. The number of benzene rings is 1. The van der Waals surface area contributed by atoms with Crippen molar-refractivity contribution in [2.24, 2.45) is 11.1 Å². The lowest BCUT2D eigenvalue weighted by atomic mass is 9.79. The Bertz CT molecular complexity index is 793. The van der Waals surface area contributed by atoms with Crippen molar-refractivity contribution < 1.29 is 14.3 Å². The van der Waals surface area contributed by atoms with Gasteiger partial charge < -0.3 is 15.2 Å². The molecular formula is C20H24N2O3. The number of nitrogens with zero attached hydrogens (tertiary/aromatic N) is 1. The van der Waals surface area contributed by atoms with E-state index in [4.69, 9.17) is 15.2 Å². The second kappa shape index (κ2) is 7.33. The maximum Gasteiger partial charge on any atom is 0.315 e. The number of ether oxygens (including phenoxy) is 2. The number of methoxy groups -OCH3 is 1. The Labute approximate surface area is 147 Å². The Kier molecular flexibility index (Phi) is 5.16. The number of pyridine rings is 1. The van der Waals surface area contributed by atoms with Crippen molar-refractivity contribution in [2.45, 2.75) is 25.8 Å². The van der Waals surface area contributed by atoms with Crippen LogP contribution in [0.5, 0.6) is 0 Å². The molecule has 3 rings (SSSR count). The summed E-state index contributed by atoms with van der Waals surface area (Å²) in [6, 6.07) is 9.95. The summed E-state index contributed by atoms with van der Waals surface area (Å²) in [5.41, 5.74) is 8.08. The number of carbonyl (C=O) groups is 1. The summed E-state index contributed by atoms with van der Waals surface area (Å²) in [6.45, 7) is 3.05. The van der Waals surface area contributed by atoms with Crippen LogP contribution in [-0.2, 0) is 14.3 Å². The van der Waals surface area contributed by atoms with Crippen molar-refractivity contribution in [1.29, 1.82) is 0 Å². The molecule has 1 aromatic carbocycles. The molecule has 1 aliphatic rings. The predicted octanol–water partition coefficient (Wildman–Crippen LogP) is 3.24. The highest BCUT2D eigenvalue weighted by Crippen LogP contribution is 2.34. The van der Waals surface area contributed by atoms with Gasteiger partial charge in [-0.3, -0.25) is 9.78 Å². The van der Waals surface area contributed by atoms with Crippen LogP contribution in [0.2, 0.25) is 0 Å². The van der Waals surface area contributed by atoms with E-state index >= 15 is 0 Å². The predicted molar refractivity (Wildman–Crippen MR) is 97.9 cm³/mol. The number of aromatic nitrogens is 1. The standard InChI is InChI=1S/C20H24N2O3/c1-14(21)17-6-5-16-4-3-15(13-18(16)22-17)7-8-20(19(23)24-2)9-11-25-12-10-20/h3-8,13-14H,9-12,21H2,1-2H3. The van der Waals surface area contributed by atoms with Gasteiger partial charge in [0.2, 0.25) is 0 Å². The second-order valence-electron chi connectivity index (χ2n) is 6.57. The van der Waals surface area contributed by atoms with E-state index in [1.807, 2.05) is 49.4 Å². The van der Waals surface area contributed by atoms with Gasteiger partial charge in [-0.25, -0.2) is 0 Å². The highest BCUT2D eigenvalue weighted by Gasteiger charge is 2.38. The Hall–Kier alpha value is -2.24. The molecule has 1 saturated heterocycles. The Morgan fingerprint density at radius 3 is 2.72 bits per heavy atom. The van der Waals surface area contributed by atoms with E-state index in [0.717, 1.165) is 22.2 Å². The summed E-state index contributed by atoms with van der Waals surface area (Å²) in [7, 11) is 1.43. The fraction of sp³-hybridized carbons (Fsp3) is 0.400. The zero-order chi connectivity index (χ0) is 17.9. The molecule has 0 bridgehead atoms. The third-order valence-electron chi connectivity index (χ3n) is 4.78. The van der Waals surface area contributed by atoms with E-state index in [0.29, 0.717) is 26.1 Å². The van der Waals surface area contributed by atoms with E-state index in [9.17, 15) is 4.79 Å². The number of hydrogen-bond donors (Lipinski definition) is 1. The van der Waals surface area contributed by atoms with Gasteiger partial charge >= 0.3 is 5.97 Å². The Morgan fingerprint density at radius 2 is 2.04 bits per heavy atom. The van der Waals surface area contributed by atoms with Crippen molar-refractivity contribution >= 4 is 22.9 Å². The van der Waals surface area contributed by atoms with Crippen LogP contribution < -0.4 is 5.73 Å². The van der Waals surface area contributed by atoms with E-state index < -0.39 is 5.41 Å². The molecule has 5 nitrogen and oxygen atoms in total. The first-order chi connectivity index (χ1) is 12.0. The largest absolute Gasteiger partial charge is 0.468 e. The van der Waals surface area contributed by atoms with Gasteiger partial charge in [-0.1, -0.05) is 30.4 Å². The highest BCUT2D eigenvalue weighted by atomic mass is 16.5. The number of esters is 1. The molecule has 0 radical (unpaired) electrons. The van der Waals surface area contributed by atoms with E-state index in [2.05, 4.69) is 4.98 Å². The van der Waals surface area contributed by atoms with E-state index in [1.165, 1.54) is 7.11 Å². The van der Waals surface area contributed by atoms with Crippen LogP contribution in [0.1, 0.15) is 37.1 Å². The van der Waals surface area contributed by atoms with Crippen molar-refractivity contribution in [2.75, 3.05) is 20.3 Å². The van der Waals surface area contributed by atoms with Gasteiger partial charge in [-0.05, 0) is 37.5 Å². The molecule has 2 N–H and O–H groups in total. The van der Waals surface area contributed by atoms with Crippen molar-refractivity contribution in [3.05, 3.63) is 47.7 Å². The summed E-state index contributed by atoms with van der Waals surface area (Å²) in [6.07, 6.45) is 5.20. The molecule has 132 valence electrons. The SMILES string of the molecule is COC(=O)C1(C=Cc2ccc3ccc(C(C)N)nc3c2)CCOCC1. The quantitative estimate of drug-likeness (QED) is 0.865. The van der Waals surface area contributed by atoms with Gasteiger partial charge in [-0.15, -0.1) is 0 Å². The Morgan fingerprint density at radius 1 is 1.32 bits per heavy atom. The molecule has 0 saturated carbocycles. The first kappa shape index (κ1) is 17.6. The minimum Gasteiger partial charge on any atom is -0.468 e. The van der Waals surface area contributed by atoms with Gasteiger partial charge in [0.05, 0.1) is 23.7 Å². The van der Waals surface area contributed by atoms with Crippen molar-refractivity contribution in [1.82, 2.24) is 4.98 Å². The summed E-state index contributed by atoms with van der Waals surface area (Å²) < 4.78 is 10.4. The van der Waals surface area contributed by atoms with Crippen LogP contribution in [-0.4, -0.2) is 31.3 Å². The minimum absolute atomic E-state index is 0.103. The lowest BCUT2D eigenvalue weighted by Crippen LogP contribution is -2.36. The highest BCUT2D eigenvalue weighted by molar-refractivity contribution is 5.83. The van der Waals surface area contributed by atoms with Crippen LogP contribution in [0.15, 0.2) is 36.4 Å². The lowest BCUT2D eigenvalue weighted by molar-refractivity contribution is -0.154. The molecular weight excluding hydrogens is 316 g/mol. The van der Waals surface area contributed by atoms with Gasteiger partial charge in [0.15, 0.2) is 0 Å². The molecule has 2 heterocycles. The molecule has 1 aliphatic heterocycles. The maximum absolute atomic E-state index is 12.3. The zero-order valence-corrected chi connectivity index (χ0v) is 14.7. The van der Waals surface area contributed by atoms with Crippen molar-refractivity contribution in [3.63, 3.8) is 0 Å². The van der Waals surface area contributed by atoms with Gasteiger partial charge in [0, 0.05) is 24.6 Å². The van der Waals surface area contributed by atoms with Gasteiger partial charge in [-0.2, -0.15) is 0 Å². The summed E-state index contributed by atoms with van der Waals surface area (Å²) in [5.74, 6) is -0.204. The Balaban J connectivity index is 1.92. The average Bonchev–Trinajstić information content (AvgIpc) is 2.65. The zero-order valence-electron chi connectivity index (χ0n) is 14.7. The van der Waals surface area contributed by atoms with E-state index in [-0.39, 0.29) is 12.0 Å². The molecule has 0 spiro atoms. The molecule has 25 heavy (non-hydrogen) atoms. The van der Waals surface area contributed by atoms with Crippen LogP contribution in [0.4, 0.5) is 0 Å². The molecule has 1 aromatic heterocycles. The lowest BCUT2D eigenvalue weighted by Gasteiger charge is -2.31. The average molecular weight is 340 g/mol.